The molecule has 48 valence electrons. The minimum atomic E-state index is 0.657. The van der Waals surface area contributed by atoms with Gasteiger partial charge in [0.1, 0.15) is 0 Å². The van der Waals surface area contributed by atoms with Gasteiger partial charge in [-0.1, -0.05) is 19.1 Å². The van der Waals surface area contributed by atoms with E-state index >= 15 is 0 Å². The smallest absolute Gasteiger partial charge is 0.0863 e. The number of nitrogens with one attached hydrogen (secondary N) is 1. The molecule has 0 aromatic carbocycles. The van der Waals surface area contributed by atoms with Crippen molar-refractivity contribution in [2.45, 2.75) is 13.3 Å². The van der Waals surface area contributed by atoms with Crippen molar-refractivity contribution in [1.29, 1.82) is 0 Å². The summed E-state index contributed by atoms with van der Waals surface area (Å²) in [5, 5.41) is 0. The second kappa shape index (κ2) is 6.66. The first-order valence-corrected chi connectivity index (χ1v) is 2.85. The van der Waals surface area contributed by atoms with E-state index in [4.69, 9.17) is 4.84 Å². The first kappa shape index (κ1) is 7.66. The second-order valence-electron chi connectivity index (χ2n) is 1.39. The van der Waals surface area contributed by atoms with Gasteiger partial charge in [0, 0.05) is 7.05 Å². The highest BCUT2D eigenvalue weighted by Gasteiger charge is 1.71. The fraction of sp³-hybridized carbons (Fsp3) is 0.667. The highest BCUT2D eigenvalue weighted by atomic mass is 16.6. The van der Waals surface area contributed by atoms with Gasteiger partial charge in [-0.05, 0) is 6.42 Å². The van der Waals surface area contributed by atoms with Crippen LogP contribution in [0.25, 0.3) is 0 Å². The van der Waals surface area contributed by atoms with Crippen molar-refractivity contribution in [3.05, 3.63) is 12.2 Å². The van der Waals surface area contributed by atoms with Crippen molar-refractivity contribution >= 4 is 0 Å². The Morgan fingerprint density at radius 3 is 2.75 bits per heavy atom. The van der Waals surface area contributed by atoms with E-state index in [2.05, 4.69) is 18.5 Å². The molecule has 0 atom stereocenters. The zero-order valence-electron chi connectivity index (χ0n) is 5.48. The quantitative estimate of drug-likeness (QED) is 0.336. The van der Waals surface area contributed by atoms with Gasteiger partial charge >= 0.3 is 0 Å². The number of hydrogen-bond acceptors (Lipinski definition) is 2. The molecule has 0 aliphatic heterocycles. The molecule has 0 radical (unpaired) electrons. The highest BCUT2D eigenvalue weighted by molar-refractivity contribution is 4.78. The third-order valence-corrected chi connectivity index (χ3v) is 0.726. The van der Waals surface area contributed by atoms with Gasteiger partial charge in [0.25, 0.3) is 0 Å². The Morgan fingerprint density at radius 1 is 1.50 bits per heavy atom. The summed E-state index contributed by atoms with van der Waals surface area (Å²) in [5.41, 5.74) is 2.58. The molecule has 2 nitrogen and oxygen atoms in total. The van der Waals surface area contributed by atoms with E-state index in [0.717, 1.165) is 6.42 Å². The minimum Gasteiger partial charge on any atom is -0.298 e. The Balaban J connectivity index is 2.80. The average molecular weight is 115 g/mol. The Hall–Kier alpha value is -0.340. The van der Waals surface area contributed by atoms with E-state index in [9.17, 15) is 0 Å². The Kier molecular flexibility index (Phi) is 6.38. The van der Waals surface area contributed by atoms with Crippen LogP contribution in [-0.2, 0) is 4.84 Å². The SMILES string of the molecule is CC/C=C/CONC. The van der Waals surface area contributed by atoms with E-state index in [-0.39, 0.29) is 0 Å². The van der Waals surface area contributed by atoms with E-state index in [1.165, 1.54) is 0 Å². The summed E-state index contributed by atoms with van der Waals surface area (Å²) in [5.74, 6) is 0. The van der Waals surface area contributed by atoms with Crippen LogP contribution >= 0.6 is 0 Å². The molecular weight excluding hydrogens is 102 g/mol. The monoisotopic (exact) mass is 115 g/mol. The second-order valence-corrected chi connectivity index (χ2v) is 1.39. The Labute approximate surface area is 50.5 Å². The molecule has 0 aliphatic rings. The lowest BCUT2D eigenvalue weighted by Gasteiger charge is -1.92. The Morgan fingerprint density at radius 2 is 2.25 bits per heavy atom. The van der Waals surface area contributed by atoms with Crippen molar-refractivity contribution in [3.63, 3.8) is 0 Å². The maximum absolute atomic E-state index is 4.80. The molecule has 1 N–H and O–H groups in total. The van der Waals surface area contributed by atoms with Crippen LogP contribution in [-0.4, -0.2) is 13.7 Å². The molecule has 8 heavy (non-hydrogen) atoms. The summed E-state index contributed by atoms with van der Waals surface area (Å²) in [6, 6.07) is 0. The lowest BCUT2D eigenvalue weighted by Crippen LogP contribution is -2.06. The van der Waals surface area contributed by atoms with E-state index in [1.54, 1.807) is 7.05 Å². The number of allylic oxidation sites excluding steroid dienone is 1. The van der Waals surface area contributed by atoms with Gasteiger partial charge in [0.15, 0.2) is 0 Å². The fourth-order valence-corrected chi connectivity index (χ4v) is 0.366. The number of rotatable bonds is 4. The molecule has 0 aromatic heterocycles. The van der Waals surface area contributed by atoms with Crippen LogP contribution in [0.1, 0.15) is 13.3 Å². The topological polar surface area (TPSA) is 21.3 Å². The molecular formula is C6H13NO. The zero-order chi connectivity index (χ0) is 6.24. The molecule has 0 unspecified atom stereocenters. The normalized spacial score (nSPS) is 10.8. The molecule has 2 heteroatoms. The standard InChI is InChI=1S/C6H13NO/c1-3-4-5-6-8-7-2/h4-5,7H,3,6H2,1-2H3/b5-4+. The van der Waals surface area contributed by atoms with Gasteiger partial charge in [-0.15, -0.1) is 0 Å². The summed E-state index contributed by atoms with van der Waals surface area (Å²) in [7, 11) is 1.75. The van der Waals surface area contributed by atoms with E-state index < -0.39 is 0 Å². The maximum Gasteiger partial charge on any atom is 0.0863 e. The van der Waals surface area contributed by atoms with Gasteiger partial charge in [-0.2, -0.15) is 0 Å². The Bertz CT molecular complexity index is 61.5. The van der Waals surface area contributed by atoms with Gasteiger partial charge in [0.2, 0.25) is 0 Å². The first-order chi connectivity index (χ1) is 3.91. The maximum atomic E-state index is 4.80. The van der Waals surface area contributed by atoms with E-state index in [1.807, 2.05) is 6.08 Å². The molecule has 0 aromatic rings. The molecule has 0 spiro atoms. The van der Waals surface area contributed by atoms with Gasteiger partial charge in [0.05, 0.1) is 6.61 Å². The van der Waals surface area contributed by atoms with Crippen LogP contribution < -0.4 is 5.48 Å². The van der Waals surface area contributed by atoms with Crippen LogP contribution in [0.2, 0.25) is 0 Å². The number of hydrogen-bond donors (Lipinski definition) is 1. The zero-order valence-corrected chi connectivity index (χ0v) is 5.48. The average Bonchev–Trinajstić information content (AvgIpc) is 1.81. The van der Waals surface area contributed by atoms with Gasteiger partial charge in [-0.3, -0.25) is 4.84 Å². The predicted molar refractivity (Wildman–Crippen MR) is 34.4 cm³/mol. The molecule has 0 saturated heterocycles. The molecule has 0 amide bonds. The third kappa shape index (κ3) is 5.66. The molecule has 0 heterocycles. The summed E-state index contributed by atoms with van der Waals surface area (Å²) in [4.78, 5) is 4.80. The first-order valence-electron chi connectivity index (χ1n) is 2.85. The highest BCUT2D eigenvalue weighted by Crippen LogP contribution is 1.77. The summed E-state index contributed by atoms with van der Waals surface area (Å²) < 4.78 is 0. The van der Waals surface area contributed by atoms with Crippen molar-refractivity contribution in [1.82, 2.24) is 5.48 Å². The molecule has 0 rings (SSSR count). The van der Waals surface area contributed by atoms with Crippen molar-refractivity contribution in [2.24, 2.45) is 0 Å². The third-order valence-electron chi connectivity index (χ3n) is 0.726. The number of hydroxylamine groups is 1. The predicted octanol–water partition coefficient (Wildman–Crippen LogP) is 1.10. The molecule has 0 aliphatic carbocycles. The molecule has 0 bridgehead atoms. The lowest BCUT2D eigenvalue weighted by molar-refractivity contribution is 0.0810. The van der Waals surface area contributed by atoms with Crippen molar-refractivity contribution < 1.29 is 4.84 Å². The van der Waals surface area contributed by atoms with Crippen LogP contribution in [0.4, 0.5) is 0 Å². The van der Waals surface area contributed by atoms with Gasteiger partial charge in [-0.25, -0.2) is 5.48 Å². The van der Waals surface area contributed by atoms with Crippen LogP contribution in [0.3, 0.4) is 0 Å². The summed E-state index contributed by atoms with van der Waals surface area (Å²) >= 11 is 0. The minimum absolute atomic E-state index is 0.657. The van der Waals surface area contributed by atoms with Crippen LogP contribution in [0.5, 0.6) is 0 Å². The summed E-state index contributed by atoms with van der Waals surface area (Å²) in [6.07, 6.45) is 5.13. The van der Waals surface area contributed by atoms with Crippen LogP contribution in [0.15, 0.2) is 12.2 Å². The molecule has 0 fully saturated rings. The summed E-state index contributed by atoms with van der Waals surface area (Å²) in [6.45, 7) is 2.75. The van der Waals surface area contributed by atoms with Crippen molar-refractivity contribution in [2.75, 3.05) is 13.7 Å². The van der Waals surface area contributed by atoms with Crippen LogP contribution in [0, 0.1) is 0 Å². The van der Waals surface area contributed by atoms with Crippen molar-refractivity contribution in [3.8, 4) is 0 Å². The van der Waals surface area contributed by atoms with E-state index in [0.29, 0.717) is 6.61 Å². The fourth-order valence-electron chi connectivity index (χ4n) is 0.366. The largest absolute Gasteiger partial charge is 0.298 e. The molecule has 0 saturated carbocycles. The van der Waals surface area contributed by atoms with Gasteiger partial charge < -0.3 is 0 Å². The lowest BCUT2D eigenvalue weighted by atomic mass is 10.4.